The molecule has 0 bridgehead atoms. The maximum absolute atomic E-state index is 12.2. The Morgan fingerprint density at radius 2 is 2.00 bits per heavy atom. The van der Waals surface area contributed by atoms with Gasteiger partial charge in [-0.05, 0) is 36.8 Å². The first kappa shape index (κ1) is 13.9. The maximum Gasteiger partial charge on any atom is 0.323 e. The van der Waals surface area contributed by atoms with Crippen LogP contribution in [0.5, 0.6) is 0 Å². The summed E-state index contributed by atoms with van der Waals surface area (Å²) in [7, 11) is 1.64. The molecule has 2 amide bonds. The number of urea groups is 1. The molecule has 0 unspecified atom stereocenters. The molecule has 112 valence electrons. The van der Waals surface area contributed by atoms with Gasteiger partial charge in [0.05, 0.1) is 5.69 Å². The highest BCUT2D eigenvalue weighted by Crippen LogP contribution is 2.22. The molecule has 6 heteroatoms. The predicted octanol–water partition coefficient (Wildman–Crippen LogP) is 2.82. The van der Waals surface area contributed by atoms with Crippen LogP contribution in [0.4, 0.5) is 16.2 Å². The molecule has 3 rings (SSSR count). The Morgan fingerprint density at radius 3 is 2.82 bits per heavy atom. The van der Waals surface area contributed by atoms with Gasteiger partial charge >= 0.3 is 6.03 Å². The lowest BCUT2D eigenvalue weighted by Crippen LogP contribution is -2.27. The van der Waals surface area contributed by atoms with Crippen LogP contribution in [-0.4, -0.2) is 15.6 Å². The number of aromatic nitrogens is 2. The fourth-order valence-electron chi connectivity index (χ4n) is 2.33. The van der Waals surface area contributed by atoms with Crippen molar-refractivity contribution in [1.82, 2.24) is 9.55 Å². The van der Waals surface area contributed by atoms with E-state index < -0.39 is 6.03 Å². The van der Waals surface area contributed by atoms with Crippen LogP contribution in [0.1, 0.15) is 5.56 Å². The van der Waals surface area contributed by atoms with Crippen LogP contribution in [0.3, 0.4) is 0 Å². The third-order valence-corrected chi connectivity index (χ3v) is 3.56. The molecule has 0 saturated heterocycles. The molecule has 2 aromatic heterocycles. The number of carbonyl (C=O) groups is 1. The summed E-state index contributed by atoms with van der Waals surface area (Å²) in [5, 5.41) is 6.32. The molecule has 0 fully saturated rings. The number of nitrogens with one attached hydrogen (secondary N) is 3. The summed E-state index contributed by atoms with van der Waals surface area (Å²) >= 11 is 0. The van der Waals surface area contributed by atoms with Crippen molar-refractivity contribution in [2.24, 2.45) is 7.05 Å². The zero-order valence-electron chi connectivity index (χ0n) is 12.3. The molecule has 0 radical (unpaired) electrons. The van der Waals surface area contributed by atoms with Gasteiger partial charge in [0.25, 0.3) is 5.56 Å². The molecular formula is C16H16N4O2. The predicted molar refractivity (Wildman–Crippen MR) is 87.4 cm³/mol. The second-order valence-electron chi connectivity index (χ2n) is 5.11. The standard InChI is InChI=1S/C16H16N4O2/c1-10-7-9-20(2)15(21)14(10)19-16(22)18-13-5-3-4-12-11(13)6-8-17-12/h3-9,17H,1-2H3,(H2,18,19,22). The number of nitrogens with zero attached hydrogens (tertiary/aromatic N) is 1. The molecule has 3 aromatic rings. The fourth-order valence-corrected chi connectivity index (χ4v) is 2.33. The average molecular weight is 296 g/mol. The van der Waals surface area contributed by atoms with Crippen LogP contribution in [0.2, 0.25) is 0 Å². The second kappa shape index (κ2) is 5.40. The van der Waals surface area contributed by atoms with E-state index in [1.807, 2.05) is 30.5 Å². The smallest absolute Gasteiger partial charge is 0.323 e. The van der Waals surface area contributed by atoms with Gasteiger partial charge in [0, 0.05) is 30.3 Å². The Hall–Kier alpha value is -3.02. The molecule has 6 nitrogen and oxygen atoms in total. The van der Waals surface area contributed by atoms with E-state index in [2.05, 4.69) is 15.6 Å². The summed E-state index contributed by atoms with van der Waals surface area (Å²) in [5.41, 5.74) is 2.38. The number of amides is 2. The Morgan fingerprint density at radius 1 is 1.18 bits per heavy atom. The van der Waals surface area contributed by atoms with Gasteiger partial charge in [-0.15, -0.1) is 0 Å². The lowest BCUT2D eigenvalue weighted by Gasteiger charge is -2.11. The number of rotatable bonds is 2. The Balaban J connectivity index is 1.86. The monoisotopic (exact) mass is 296 g/mol. The van der Waals surface area contributed by atoms with Crippen molar-refractivity contribution in [3.63, 3.8) is 0 Å². The number of carbonyl (C=O) groups excluding carboxylic acids is 1. The molecule has 0 spiro atoms. The molecular weight excluding hydrogens is 280 g/mol. The summed E-state index contributed by atoms with van der Waals surface area (Å²) in [6.07, 6.45) is 3.48. The normalized spacial score (nSPS) is 10.6. The van der Waals surface area contributed by atoms with Crippen molar-refractivity contribution < 1.29 is 4.79 Å². The number of pyridine rings is 1. The van der Waals surface area contributed by atoms with Crippen LogP contribution in [0.15, 0.2) is 47.5 Å². The van der Waals surface area contributed by atoms with Gasteiger partial charge in [0.1, 0.15) is 5.69 Å². The topological polar surface area (TPSA) is 78.9 Å². The van der Waals surface area contributed by atoms with Gasteiger partial charge in [0.15, 0.2) is 0 Å². The van der Waals surface area contributed by atoms with Crippen LogP contribution >= 0.6 is 0 Å². The molecule has 0 aliphatic carbocycles. The molecule has 0 aliphatic heterocycles. The summed E-state index contributed by atoms with van der Waals surface area (Å²) in [5.74, 6) is 0. The summed E-state index contributed by atoms with van der Waals surface area (Å²) in [6, 6.07) is 8.81. The average Bonchev–Trinajstić information content (AvgIpc) is 2.97. The van der Waals surface area contributed by atoms with Gasteiger partial charge in [-0.2, -0.15) is 0 Å². The van der Waals surface area contributed by atoms with Crippen molar-refractivity contribution in [1.29, 1.82) is 0 Å². The first-order valence-electron chi connectivity index (χ1n) is 6.86. The van der Waals surface area contributed by atoms with Crippen molar-refractivity contribution in [3.8, 4) is 0 Å². The molecule has 1 aromatic carbocycles. The van der Waals surface area contributed by atoms with Crippen LogP contribution < -0.4 is 16.2 Å². The van der Waals surface area contributed by atoms with E-state index in [1.54, 1.807) is 26.2 Å². The maximum atomic E-state index is 12.2. The molecule has 0 atom stereocenters. The number of fused-ring (bicyclic) bond motifs is 1. The highest BCUT2D eigenvalue weighted by Gasteiger charge is 2.11. The minimum absolute atomic E-state index is 0.241. The second-order valence-corrected chi connectivity index (χ2v) is 5.11. The molecule has 0 saturated carbocycles. The van der Waals surface area contributed by atoms with E-state index >= 15 is 0 Å². The number of hydrogen-bond donors (Lipinski definition) is 3. The van der Waals surface area contributed by atoms with Crippen molar-refractivity contribution in [3.05, 3.63) is 58.6 Å². The number of hydrogen-bond acceptors (Lipinski definition) is 2. The number of anilines is 2. The summed E-state index contributed by atoms with van der Waals surface area (Å²) < 4.78 is 1.43. The zero-order valence-corrected chi connectivity index (χ0v) is 12.3. The molecule has 3 N–H and O–H groups in total. The Kier molecular flexibility index (Phi) is 3.42. The SMILES string of the molecule is Cc1ccn(C)c(=O)c1NC(=O)Nc1cccc2[nH]ccc12. The van der Waals surface area contributed by atoms with Gasteiger partial charge < -0.3 is 20.2 Å². The van der Waals surface area contributed by atoms with E-state index in [0.717, 1.165) is 16.5 Å². The minimum Gasteiger partial charge on any atom is -0.361 e. The highest BCUT2D eigenvalue weighted by atomic mass is 16.2. The zero-order chi connectivity index (χ0) is 15.7. The van der Waals surface area contributed by atoms with Gasteiger partial charge in [-0.25, -0.2) is 4.79 Å². The van der Waals surface area contributed by atoms with Crippen molar-refractivity contribution in [2.75, 3.05) is 10.6 Å². The largest absolute Gasteiger partial charge is 0.361 e. The van der Waals surface area contributed by atoms with E-state index in [-0.39, 0.29) is 11.2 Å². The Bertz CT molecular complexity index is 908. The third-order valence-electron chi connectivity index (χ3n) is 3.56. The van der Waals surface area contributed by atoms with Gasteiger partial charge in [-0.1, -0.05) is 6.07 Å². The lowest BCUT2D eigenvalue weighted by molar-refractivity contribution is 0.262. The molecule has 2 heterocycles. The van der Waals surface area contributed by atoms with Crippen molar-refractivity contribution >= 4 is 28.3 Å². The number of aromatic amines is 1. The first-order chi connectivity index (χ1) is 10.6. The van der Waals surface area contributed by atoms with Crippen LogP contribution in [0, 0.1) is 6.92 Å². The number of benzene rings is 1. The van der Waals surface area contributed by atoms with Crippen molar-refractivity contribution in [2.45, 2.75) is 6.92 Å². The summed E-state index contributed by atoms with van der Waals surface area (Å²) in [4.78, 5) is 27.3. The van der Waals surface area contributed by atoms with E-state index in [1.165, 1.54) is 4.57 Å². The van der Waals surface area contributed by atoms with Gasteiger partial charge in [-0.3, -0.25) is 4.79 Å². The van der Waals surface area contributed by atoms with Crippen LogP contribution in [0.25, 0.3) is 10.9 Å². The quantitative estimate of drug-likeness (QED) is 0.680. The number of aryl methyl sites for hydroxylation is 2. The van der Waals surface area contributed by atoms with Gasteiger partial charge in [0.2, 0.25) is 0 Å². The Labute approximate surface area is 126 Å². The summed E-state index contributed by atoms with van der Waals surface area (Å²) in [6.45, 7) is 1.78. The minimum atomic E-state index is -0.444. The first-order valence-corrected chi connectivity index (χ1v) is 6.86. The lowest BCUT2D eigenvalue weighted by atomic mass is 10.2. The van der Waals surface area contributed by atoms with E-state index in [4.69, 9.17) is 0 Å². The highest BCUT2D eigenvalue weighted by molar-refractivity contribution is 6.05. The third kappa shape index (κ3) is 2.46. The van der Waals surface area contributed by atoms with E-state index in [9.17, 15) is 9.59 Å². The fraction of sp³-hybridized carbons (Fsp3) is 0.125. The van der Waals surface area contributed by atoms with E-state index in [0.29, 0.717) is 5.69 Å². The van der Waals surface area contributed by atoms with Crippen LogP contribution in [-0.2, 0) is 7.05 Å². The molecule has 0 aliphatic rings. The number of H-pyrrole nitrogens is 1. The molecule has 22 heavy (non-hydrogen) atoms.